The summed E-state index contributed by atoms with van der Waals surface area (Å²) in [5.74, 6) is 1.06. The smallest absolute Gasteiger partial charge is 0.223 e. The first-order valence-electron chi connectivity index (χ1n) is 9.65. The molecular formula is C22H29N3O2. The Bertz CT molecular complexity index is 783. The van der Waals surface area contributed by atoms with Crippen molar-refractivity contribution >= 4 is 5.91 Å². The van der Waals surface area contributed by atoms with Gasteiger partial charge in [-0.15, -0.1) is 0 Å². The van der Waals surface area contributed by atoms with E-state index in [9.17, 15) is 4.79 Å². The Morgan fingerprint density at radius 3 is 2.56 bits per heavy atom. The van der Waals surface area contributed by atoms with Crippen LogP contribution in [0.1, 0.15) is 36.9 Å². The molecule has 0 bridgehead atoms. The van der Waals surface area contributed by atoms with Crippen LogP contribution in [0, 0.1) is 12.8 Å². The summed E-state index contributed by atoms with van der Waals surface area (Å²) in [5.41, 5.74) is 4.18. The van der Waals surface area contributed by atoms with Crippen LogP contribution in [0.15, 0.2) is 36.5 Å². The van der Waals surface area contributed by atoms with Crippen molar-refractivity contribution < 1.29 is 9.53 Å². The minimum Gasteiger partial charge on any atom is -0.496 e. The predicted octanol–water partition coefficient (Wildman–Crippen LogP) is 3.46. The minimum absolute atomic E-state index is 0.117. The SMILES string of the molecule is CNC1CCC(C(=O)NCc2cc(-c3ccnc(C)c3)ccc2OC)CC1. The molecule has 0 spiro atoms. The molecule has 0 unspecified atom stereocenters. The van der Waals surface area contributed by atoms with Gasteiger partial charge in [0.05, 0.1) is 7.11 Å². The van der Waals surface area contributed by atoms with Crippen LogP contribution < -0.4 is 15.4 Å². The number of ether oxygens (including phenoxy) is 1. The van der Waals surface area contributed by atoms with Gasteiger partial charge in [0, 0.05) is 36.0 Å². The number of rotatable bonds is 6. The lowest BCUT2D eigenvalue weighted by atomic mass is 9.85. The highest BCUT2D eigenvalue weighted by Gasteiger charge is 2.25. The van der Waals surface area contributed by atoms with Crippen molar-refractivity contribution in [1.29, 1.82) is 0 Å². The molecule has 3 rings (SSSR count). The zero-order valence-corrected chi connectivity index (χ0v) is 16.4. The Labute approximate surface area is 161 Å². The lowest BCUT2D eigenvalue weighted by molar-refractivity contribution is -0.126. The molecule has 1 aliphatic carbocycles. The van der Waals surface area contributed by atoms with Crippen molar-refractivity contribution in [3.05, 3.63) is 47.8 Å². The second kappa shape index (κ2) is 9.00. The summed E-state index contributed by atoms with van der Waals surface area (Å²) >= 11 is 0. The molecule has 0 radical (unpaired) electrons. The summed E-state index contributed by atoms with van der Waals surface area (Å²) in [6.45, 7) is 2.46. The van der Waals surface area contributed by atoms with E-state index in [4.69, 9.17) is 4.74 Å². The summed E-state index contributed by atoms with van der Waals surface area (Å²) in [6.07, 6.45) is 5.84. The van der Waals surface area contributed by atoms with Crippen LogP contribution in [0.2, 0.25) is 0 Å². The molecule has 2 aromatic rings. The molecule has 144 valence electrons. The Kier molecular flexibility index (Phi) is 6.45. The second-order valence-electron chi connectivity index (χ2n) is 7.27. The van der Waals surface area contributed by atoms with Crippen LogP contribution in [-0.2, 0) is 11.3 Å². The van der Waals surface area contributed by atoms with E-state index >= 15 is 0 Å². The van der Waals surface area contributed by atoms with Gasteiger partial charge < -0.3 is 15.4 Å². The lowest BCUT2D eigenvalue weighted by Crippen LogP contribution is -2.37. The lowest BCUT2D eigenvalue weighted by Gasteiger charge is -2.27. The van der Waals surface area contributed by atoms with E-state index in [0.717, 1.165) is 53.8 Å². The molecule has 1 amide bonds. The molecule has 0 aliphatic heterocycles. The first-order valence-corrected chi connectivity index (χ1v) is 9.65. The quantitative estimate of drug-likeness (QED) is 0.821. The third-order valence-corrected chi connectivity index (χ3v) is 5.47. The van der Waals surface area contributed by atoms with Gasteiger partial charge in [-0.25, -0.2) is 0 Å². The number of amides is 1. The van der Waals surface area contributed by atoms with E-state index in [1.165, 1.54) is 0 Å². The van der Waals surface area contributed by atoms with Gasteiger partial charge in [0.2, 0.25) is 5.91 Å². The van der Waals surface area contributed by atoms with Gasteiger partial charge in [-0.3, -0.25) is 9.78 Å². The number of hydrogen-bond acceptors (Lipinski definition) is 4. The molecule has 1 fully saturated rings. The van der Waals surface area contributed by atoms with E-state index in [0.29, 0.717) is 12.6 Å². The van der Waals surface area contributed by atoms with Gasteiger partial charge in [-0.1, -0.05) is 6.07 Å². The number of hydrogen-bond donors (Lipinski definition) is 2. The van der Waals surface area contributed by atoms with Crippen LogP contribution in [0.3, 0.4) is 0 Å². The number of benzene rings is 1. The van der Waals surface area contributed by atoms with Crippen molar-refractivity contribution in [2.45, 2.75) is 45.2 Å². The Morgan fingerprint density at radius 2 is 1.89 bits per heavy atom. The fourth-order valence-electron chi connectivity index (χ4n) is 3.79. The monoisotopic (exact) mass is 367 g/mol. The van der Waals surface area contributed by atoms with Crippen molar-refractivity contribution in [2.24, 2.45) is 5.92 Å². The number of carbonyl (C=O) groups excluding carboxylic acids is 1. The highest BCUT2D eigenvalue weighted by atomic mass is 16.5. The number of aryl methyl sites for hydroxylation is 1. The maximum absolute atomic E-state index is 12.6. The normalized spacial score (nSPS) is 19.5. The number of aromatic nitrogens is 1. The van der Waals surface area contributed by atoms with Crippen LogP contribution in [0.4, 0.5) is 0 Å². The zero-order valence-electron chi connectivity index (χ0n) is 16.4. The third kappa shape index (κ3) is 4.86. The van der Waals surface area contributed by atoms with Crippen LogP contribution in [-0.4, -0.2) is 31.1 Å². The number of carbonyl (C=O) groups is 1. The fourth-order valence-corrected chi connectivity index (χ4v) is 3.79. The van der Waals surface area contributed by atoms with Crippen LogP contribution >= 0.6 is 0 Å². The number of nitrogens with zero attached hydrogens (tertiary/aromatic N) is 1. The average molecular weight is 367 g/mol. The van der Waals surface area contributed by atoms with Crippen molar-refractivity contribution in [3.8, 4) is 16.9 Å². The molecule has 5 heteroatoms. The summed E-state index contributed by atoms with van der Waals surface area (Å²) in [5, 5.41) is 6.42. The Morgan fingerprint density at radius 1 is 1.15 bits per heavy atom. The van der Waals surface area contributed by atoms with Gasteiger partial charge in [-0.2, -0.15) is 0 Å². The topological polar surface area (TPSA) is 63.2 Å². The molecule has 0 atom stereocenters. The molecule has 0 saturated heterocycles. The Hall–Kier alpha value is -2.40. The molecule has 1 aromatic carbocycles. The predicted molar refractivity (Wildman–Crippen MR) is 108 cm³/mol. The van der Waals surface area contributed by atoms with Crippen LogP contribution in [0.25, 0.3) is 11.1 Å². The first-order chi connectivity index (χ1) is 13.1. The highest BCUT2D eigenvalue weighted by Crippen LogP contribution is 2.28. The molecule has 1 aliphatic rings. The van der Waals surface area contributed by atoms with E-state index in [1.807, 2.05) is 38.4 Å². The molecule has 5 nitrogen and oxygen atoms in total. The summed E-state index contributed by atoms with van der Waals surface area (Å²) in [4.78, 5) is 16.8. The summed E-state index contributed by atoms with van der Waals surface area (Å²) in [7, 11) is 3.66. The molecule has 1 aromatic heterocycles. The molecular weight excluding hydrogens is 338 g/mol. The van der Waals surface area contributed by atoms with E-state index in [2.05, 4.69) is 27.8 Å². The average Bonchev–Trinajstić information content (AvgIpc) is 2.71. The van der Waals surface area contributed by atoms with Crippen LogP contribution in [0.5, 0.6) is 5.75 Å². The second-order valence-corrected chi connectivity index (χ2v) is 7.27. The standard InChI is InChI=1S/C22H29N3O2/c1-15-12-18(10-11-24-15)17-6-9-21(27-3)19(13-17)14-25-22(26)16-4-7-20(23-2)8-5-16/h6,9-13,16,20,23H,4-5,7-8,14H2,1-3H3,(H,25,26). The van der Waals surface area contributed by atoms with Crippen molar-refractivity contribution in [3.63, 3.8) is 0 Å². The van der Waals surface area contributed by atoms with Crippen molar-refractivity contribution in [2.75, 3.05) is 14.2 Å². The zero-order chi connectivity index (χ0) is 19.2. The highest BCUT2D eigenvalue weighted by molar-refractivity contribution is 5.79. The molecule has 1 saturated carbocycles. The first kappa shape index (κ1) is 19.4. The van der Waals surface area contributed by atoms with Gasteiger partial charge in [0.15, 0.2) is 0 Å². The third-order valence-electron chi connectivity index (χ3n) is 5.47. The van der Waals surface area contributed by atoms with Crippen molar-refractivity contribution in [1.82, 2.24) is 15.6 Å². The number of nitrogens with one attached hydrogen (secondary N) is 2. The summed E-state index contributed by atoms with van der Waals surface area (Å²) < 4.78 is 5.49. The molecule has 1 heterocycles. The maximum atomic E-state index is 12.6. The van der Waals surface area contributed by atoms with Gasteiger partial charge in [0.1, 0.15) is 5.75 Å². The Balaban J connectivity index is 1.68. The van der Waals surface area contributed by atoms with E-state index in [-0.39, 0.29) is 11.8 Å². The van der Waals surface area contributed by atoms with Gasteiger partial charge in [0.25, 0.3) is 0 Å². The maximum Gasteiger partial charge on any atom is 0.223 e. The van der Waals surface area contributed by atoms with Gasteiger partial charge in [-0.05, 0) is 75.0 Å². The van der Waals surface area contributed by atoms with Gasteiger partial charge >= 0.3 is 0 Å². The number of pyridine rings is 1. The van der Waals surface area contributed by atoms with E-state index < -0.39 is 0 Å². The minimum atomic E-state index is 0.117. The number of methoxy groups -OCH3 is 1. The molecule has 2 N–H and O–H groups in total. The fraction of sp³-hybridized carbons (Fsp3) is 0.455. The largest absolute Gasteiger partial charge is 0.496 e. The summed E-state index contributed by atoms with van der Waals surface area (Å²) in [6, 6.07) is 10.7. The molecule has 27 heavy (non-hydrogen) atoms. The van der Waals surface area contributed by atoms with E-state index in [1.54, 1.807) is 7.11 Å².